The maximum Gasteiger partial charge on any atom is 0.212 e. The molecule has 1 N–H and O–H groups in total. The topological polar surface area (TPSA) is 58.8 Å². The molecule has 2 bridgehead atoms. The van der Waals surface area contributed by atoms with Crippen LogP contribution in [-0.4, -0.2) is 41.8 Å². The number of nitrogens with zero attached hydrogens (tertiary/aromatic N) is 1. The Labute approximate surface area is 128 Å². The Kier molecular flexibility index (Phi) is 2.24. The van der Waals surface area contributed by atoms with Gasteiger partial charge in [-0.2, -0.15) is 0 Å². The van der Waals surface area contributed by atoms with E-state index in [2.05, 4.69) is 0 Å². The number of nitroso groups, excluding NO2 is 1. The van der Waals surface area contributed by atoms with E-state index in [-0.39, 0.29) is 23.5 Å². The zero-order chi connectivity index (χ0) is 15.1. The van der Waals surface area contributed by atoms with Crippen molar-refractivity contribution in [2.24, 2.45) is 5.92 Å². The molecule has 2 heterocycles. The number of aliphatic hydroxyl groups is 1. The second kappa shape index (κ2) is 3.90. The van der Waals surface area contributed by atoms with Crippen molar-refractivity contribution in [3.8, 4) is 11.5 Å². The molecule has 0 radical (unpaired) electrons. The van der Waals surface area contributed by atoms with Crippen LogP contribution in [0.1, 0.15) is 17.5 Å². The van der Waals surface area contributed by atoms with Crippen LogP contribution >= 0.6 is 0 Å². The molecular formula is C17H18NO4+. The molecule has 1 fully saturated rings. The lowest BCUT2D eigenvalue weighted by molar-refractivity contribution is -0.609. The fraction of sp³-hybridized carbons (Fsp3) is 0.529. The SMILES string of the molecule is COc1cc2c3c(c1)O[C@H]1[C@@H](O)C=C[C@H]4[C@@H](C2)[N+](=O)CC[C@@]341. The largest absolute Gasteiger partial charge is 0.497 e. The third-order valence-corrected chi connectivity index (χ3v) is 6.00. The van der Waals surface area contributed by atoms with Crippen LogP contribution in [0.5, 0.6) is 11.5 Å². The van der Waals surface area contributed by atoms with Crippen LogP contribution < -0.4 is 9.47 Å². The highest BCUT2D eigenvalue weighted by molar-refractivity contribution is 5.58. The van der Waals surface area contributed by atoms with E-state index in [1.807, 2.05) is 18.2 Å². The van der Waals surface area contributed by atoms with Gasteiger partial charge in [-0.15, -0.1) is 0 Å². The van der Waals surface area contributed by atoms with E-state index < -0.39 is 6.10 Å². The smallest absolute Gasteiger partial charge is 0.212 e. The third kappa shape index (κ3) is 1.25. The van der Waals surface area contributed by atoms with Gasteiger partial charge in [0.1, 0.15) is 23.7 Å². The Hall–Kier alpha value is -1.88. The Bertz CT molecular complexity index is 728. The summed E-state index contributed by atoms with van der Waals surface area (Å²) in [5.74, 6) is 1.69. The van der Waals surface area contributed by atoms with Gasteiger partial charge < -0.3 is 14.6 Å². The molecule has 114 valence electrons. The van der Waals surface area contributed by atoms with E-state index in [9.17, 15) is 10.0 Å². The second-order valence-electron chi connectivity index (χ2n) is 6.80. The average molecular weight is 300 g/mol. The van der Waals surface area contributed by atoms with Gasteiger partial charge in [-0.1, -0.05) is 12.2 Å². The van der Waals surface area contributed by atoms with Gasteiger partial charge in [-0.25, -0.2) is 0 Å². The fourth-order valence-corrected chi connectivity index (χ4v) is 5.17. The number of hydrogen-bond donors (Lipinski definition) is 1. The predicted molar refractivity (Wildman–Crippen MR) is 78.3 cm³/mol. The maximum absolute atomic E-state index is 12.4. The molecule has 5 heteroatoms. The summed E-state index contributed by atoms with van der Waals surface area (Å²) in [6.07, 6.45) is 4.37. The van der Waals surface area contributed by atoms with Crippen molar-refractivity contribution in [3.05, 3.63) is 40.3 Å². The van der Waals surface area contributed by atoms with Crippen LogP contribution in [-0.2, 0) is 11.8 Å². The van der Waals surface area contributed by atoms with Gasteiger partial charge in [0.25, 0.3) is 0 Å². The van der Waals surface area contributed by atoms with Crippen molar-refractivity contribution >= 4 is 0 Å². The molecule has 0 saturated carbocycles. The third-order valence-electron chi connectivity index (χ3n) is 6.00. The summed E-state index contributed by atoms with van der Waals surface area (Å²) >= 11 is 0. The molecule has 5 nitrogen and oxygen atoms in total. The van der Waals surface area contributed by atoms with E-state index in [0.29, 0.717) is 13.0 Å². The van der Waals surface area contributed by atoms with Crippen LogP contribution in [0.4, 0.5) is 0 Å². The molecule has 0 amide bonds. The standard InChI is InChI=1S/C17H18NO4/c1-21-10-6-9-7-12-11-2-3-13(19)16-17(11,4-5-18(12)20)15(9)14(8-10)22-16/h2-3,6,8,11-13,16,19H,4-5,7H2,1H3/q+1/t11-,12+,13-,16-,17-/m0/s1. The van der Waals surface area contributed by atoms with Crippen LogP contribution in [0.25, 0.3) is 0 Å². The number of hydrogen-bond acceptors (Lipinski definition) is 4. The molecule has 22 heavy (non-hydrogen) atoms. The lowest BCUT2D eigenvalue weighted by Crippen LogP contribution is -2.63. The van der Waals surface area contributed by atoms with Crippen molar-refractivity contribution in [3.63, 3.8) is 0 Å². The first kappa shape index (κ1) is 12.6. The summed E-state index contributed by atoms with van der Waals surface area (Å²) in [5, 5.41) is 10.4. The zero-order valence-corrected chi connectivity index (χ0v) is 12.4. The fourth-order valence-electron chi connectivity index (χ4n) is 5.17. The van der Waals surface area contributed by atoms with E-state index in [1.54, 1.807) is 13.2 Å². The minimum Gasteiger partial charge on any atom is -0.497 e. The molecule has 1 saturated heterocycles. The molecule has 5 atom stereocenters. The van der Waals surface area contributed by atoms with Crippen LogP contribution in [0.3, 0.4) is 0 Å². The molecule has 1 aromatic carbocycles. The highest BCUT2D eigenvalue weighted by Gasteiger charge is 2.67. The minimum absolute atomic E-state index is 0.0749. The number of piperidine rings is 1. The lowest BCUT2D eigenvalue weighted by atomic mass is 9.53. The molecule has 5 rings (SSSR count). The minimum atomic E-state index is -0.626. The molecule has 4 aliphatic rings. The number of benzene rings is 1. The lowest BCUT2D eigenvalue weighted by Gasteiger charge is -2.49. The van der Waals surface area contributed by atoms with Gasteiger partial charge in [-0.3, -0.25) is 0 Å². The van der Waals surface area contributed by atoms with E-state index in [0.717, 1.165) is 23.5 Å². The van der Waals surface area contributed by atoms with Crippen LogP contribution in [0.2, 0.25) is 0 Å². The van der Waals surface area contributed by atoms with Crippen molar-refractivity contribution in [2.75, 3.05) is 13.7 Å². The summed E-state index contributed by atoms with van der Waals surface area (Å²) in [7, 11) is 1.64. The molecular weight excluding hydrogens is 282 g/mol. The highest BCUT2D eigenvalue weighted by atomic mass is 16.5. The van der Waals surface area contributed by atoms with Gasteiger partial charge in [-0.05, 0) is 11.6 Å². The van der Waals surface area contributed by atoms with Gasteiger partial charge in [0.2, 0.25) is 6.04 Å². The number of aliphatic hydroxyl groups excluding tert-OH is 1. The molecule has 2 aliphatic carbocycles. The Balaban J connectivity index is 1.82. The van der Waals surface area contributed by atoms with Gasteiger partial charge in [0, 0.05) is 34.1 Å². The van der Waals surface area contributed by atoms with Crippen molar-refractivity contribution in [1.82, 2.24) is 0 Å². The summed E-state index contributed by atoms with van der Waals surface area (Å²) < 4.78 is 12.8. The molecule has 0 aromatic heterocycles. The highest BCUT2D eigenvalue weighted by Crippen LogP contribution is 2.60. The Morgan fingerprint density at radius 2 is 2.27 bits per heavy atom. The Morgan fingerprint density at radius 1 is 1.41 bits per heavy atom. The number of ether oxygens (including phenoxy) is 2. The normalized spacial score (nSPS) is 40.2. The summed E-state index contributed by atoms with van der Waals surface area (Å²) in [5.41, 5.74) is 2.09. The van der Waals surface area contributed by atoms with E-state index in [4.69, 9.17) is 9.47 Å². The summed E-state index contributed by atoms with van der Waals surface area (Å²) in [6, 6.07) is 3.87. The number of methoxy groups -OCH3 is 1. The summed E-state index contributed by atoms with van der Waals surface area (Å²) in [4.78, 5) is 12.4. The quantitative estimate of drug-likeness (QED) is 0.628. The first-order valence-electron chi connectivity index (χ1n) is 7.83. The molecule has 1 spiro atoms. The average Bonchev–Trinajstić information content (AvgIpc) is 2.86. The van der Waals surface area contributed by atoms with Gasteiger partial charge in [0.05, 0.1) is 18.4 Å². The van der Waals surface area contributed by atoms with Gasteiger partial charge in [0.15, 0.2) is 6.54 Å². The van der Waals surface area contributed by atoms with Gasteiger partial charge >= 0.3 is 0 Å². The van der Waals surface area contributed by atoms with E-state index >= 15 is 0 Å². The van der Waals surface area contributed by atoms with Crippen molar-refractivity contribution in [1.29, 1.82) is 0 Å². The van der Waals surface area contributed by atoms with Crippen molar-refractivity contribution < 1.29 is 19.3 Å². The van der Waals surface area contributed by atoms with E-state index in [1.165, 1.54) is 10.3 Å². The first-order chi connectivity index (χ1) is 10.6. The summed E-state index contributed by atoms with van der Waals surface area (Å²) in [6.45, 7) is 0.506. The van der Waals surface area contributed by atoms with Crippen LogP contribution in [0, 0.1) is 10.8 Å². The number of rotatable bonds is 1. The first-order valence-corrected chi connectivity index (χ1v) is 7.83. The monoisotopic (exact) mass is 300 g/mol. The molecule has 1 aromatic rings. The zero-order valence-electron chi connectivity index (χ0n) is 12.4. The van der Waals surface area contributed by atoms with Crippen LogP contribution in [0.15, 0.2) is 24.3 Å². The molecule has 0 unspecified atom stereocenters. The Morgan fingerprint density at radius 3 is 3.09 bits per heavy atom. The maximum atomic E-state index is 12.4. The van der Waals surface area contributed by atoms with Crippen molar-refractivity contribution in [2.45, 2.75) is 36.5 Å². The second-order valence-corrected chi connectivity index (χ2v) is 6.80. The molecule has 2 aliphatic heterocycles. The predicted octanol–water partition coefficient (Wildman–Crippen LogP) is 1.35.